The highest BCUT2D eigenvalue weighted by Crippen LogP contribution is 2.28. The smallest absolute Gasteiger partial charge is 0.0416 e. The Kier molecular flexibility index (Phi) is 4.21. The molecule has 0 bridgehead atoms. The van der Waals surface area contributed by atoms with Gasteiger partial charge in [0, 0.05) is 29.7 Å². The van der Waals surface area contributed by atoms with Crippen molar-refractivity contribution in [2.75, 3.05) is 30.0 Å². The molecule has 0 amide bonds. The van der Waals surface area contributed by atoms with Crippen molar-refractivity contribution in [3.05, 3.63) is 23.8 Å². The largest absolute Gasteiger partial charge is 0.399 e. The van der Waals surface area contributed by atoms with Gasteiger partial charge in [0.25, 0.3) is 0 Å². The van der Waals surface area contributed by atoms with E-state index in [0.717, 1.165) is 17.5 Å². The second-order valence-corrected chi connectivity index (χ2v) is 5.96. The van der Waals surface area contributed by atoms with Crippen molar-refractivity contribution in [3.8, 4) is 0 Å². The fourth-order valence-electron chi connectivity index (χ4n) is 2.51. The Balaban J connectivity index is 2.13. The Bertz CT molecular complexity index is 378. The van der Waals surface area contributed by atoms with Gasteiger partial charge in [-0.15, -0.1) is 0 Å². The first-order valence-corrected chi connectivity index (χ1v) is 7.63. The van der Waals surface area contributed by atoms with Gasteiger partial charge < -0.3 is 10.6 Å². The minimum Gasteiger partial charge on any atom is -0.399 e. The van der Waals surface area contributed by atoms with E-state index in [1.165, 1.54) is 37.1 Å². The van der Waals surface area contributed by atoms with Gasteiger partial charge in [-0.3, -0.25) is 0 Å². The minimum atomic E-state index is 0.835. The Morgan fingerprint density at radius 3 is 2.88 bits per heavy atom. The quantitative estimate of drug-likeness (QED) is 0.817. The van der Waals surface area contributed by atoms with Crippen molar-refractivity contribution < 1.29 is 0 Å². The highest BCUT2D eigenvalue weighted by Gasteiger charge is 2.17. The van der Waals surface area contributed by atoms with Crippen LogP contribution in [0.2, 0.25) is 0 Å². The summed E-state index contributed by atoms with van der Waals surface area (Å²) in [5.41, 5.74) is 9.43. The van der Waals surface area contributed by atoms with Crippen LogP contribution in [0.4, 0.5) is 11.4 Å². The van der Waals surface area contributed by atoms with Crippen molar-refractivity contribution in [2.45, 2.75) is 31.4 Å². The first-order valence-electron chi connectivity index (χ1n) is 6.34. The molecule has 2 rings (SSSR count). The lowest BCUT2D eigenvalue weighted by atomic mass is 10.1. The zero-order chi connectivity index (χ0) is 12.3. The molecule has 94 valence electrons. The molecular formula is C14H22N2S. The van der Waals surface area contributed by atoms with Crippen LogP contribution in [0, 0.1) is 6.92 Å². The average molecular weight is 250 g/mol. The van der Waals surface area contributed by atoms with Crippen LogP contribution in [0.15, 0.2) is 18.2 Å². The molecule has 3 heteroatoms. The second kappa shape index (κ2) is 5.67. The normalized spacial score (nSPS) is 21.3. The van der Waals surface area contributed by atoms with Crippen LogP contribution in [0.1, 0.15) is 24.8 Å². The number of nitrogen functional groups attached to an aromatic ring is 1. The number of anilines is 2. The number of nitrogens with two attached hydrogens (primary N) is 1. The molecule has 0 aliphatic carbocycles. The molecule has 2 N–H and O–H groups in total. The molecule has 2 nitrogen and oxygen atoms in total. The van der Waals surface area contributed by atoms with E-state index < -0.39 is 0 Å². The van der Waals surface area contributed by atoms with Crippen LogP contribution < -0.4 is 10.6 Å². The van der Waals surface area contributed by atoms with Gasteiger partial charge in [0.1, 0.15) is 0 Å². The van der Waals surface area contributed by atoms with Gasteiger partial charge >= 0.3 is 0 Å². The van der Waals surface area contributed by atoms with E-state index in [9.17, 15) is 0 Å². The molecule has 17 heavy (non-hydrogen) atoms. The van der Waals surface area contributed by atoms with Crippen LogP contribution in [0.25, 0.3) is 0 Å². The highest BCUT2D eigenvalue weighted by molar-refractivity contribution is 7.99. The number of nitrogens with zero attached hydrogens (tertiary/aromatic N) is 1. The Morgan fingerprint density at radius 2 is 2.12 bits per heavy atom. The van der Waals surface area contributed by atoms with Gasteiger partial charge in [-0.2, -0.15) is 11.8 Å². The van der Waals surface area contributed by atoms with E-state index in [2.05, 4.69) is 30.2 Å². The minimum absolute atomic E-state index is 0.835. The van der Waals surface area contributed by atoms with Crippen molar-refractivity contribution in [2.24, 2.45) is 0 Å². The lowest BCUT2D eigenvalue weighted by Crippen LogP contribution is -2.25. The van der Waals surface area contributed by atoms with Crippen molar-refractivity contribution in [1.29, 1.82) is 0 Å². The molecule has 0 saturated carbocycles. The standard InChI is InChI=1S/C14H22N2S/c1-11-5-6-12(15)10-14(11)16-8-3-4-13(17-2)7-9-16/h5-6,10,13H,3-4,7-9,15H2,1-2H3. The topological polar surface area (TPSA) is 29.3 Å². The summed E-state index contributed by atoms with van der Waals surface area (Å²) in [7, 11) is 0. The molecule has 0 spiro atoms. The Hall–Kier alpha value is -0.830. The maximum Gasteiger partial charge on any atom is 0.0416 e. The Labute approximate surface area is 109 Å². The number of aryl methyl sites for hydroxylation is 1. The molecule has 1 aromatic rings. The first kappa shape index (κ1) is 12.6. The molecule has 1 aliphatic rings. The predicted molar refractivity (Wildman–Crippen MR) is 79.0 cm³/mol. The zero-order valence-electron chi connectivity index (χ0n) is 10.8. The van der Waals surface area contributed by atoms with Crippen LogP contribution in [0.3, 0.4) is 0 Å². The third-order valence-electron chi connectivity index (χ3n) is 3.58. The van der Waals surface area contributed by atoms with Crippen molar-refractivity contribution in [1.82, 2.24) is 0 Å². The van der Waals surface area contributed by atoms with E-state index >= 15 is 0 Å². The summed E-state index contributed by atoms with van der Waals surface area (Å²) in [5.74, 6) is 0. The molecule has 1 atom stereocenters. The summed E-state index contributed by atoms with van der Waals surface area (Å²) in [5, 5.41) is 0.835. The number of thioether (sulfide) groups is 1. The van der Waals surface area contributed by atoms with Crippen molar-refractivity contribution in [3.63, 3.8) is 0 Å². The second-order valence-electron chi connectivity index (χ2n) is 4.82. The molecule has 1 aliphatic heterocycles. The summed E-state index contributed by atoms with van der Waals surface area (Å²) in [4.78, 5) is 2.50. The van der Waals surface area contributed by atoms with Gasteiger partial charge in [0.2, 0.25) is 0 Å². The highest BCUT2D eigenvalue weighted by atomic mass is 32.2. The van der Waals surface area contributed by atoms with Crippen LogP contribution in [-0.4, -0.2) is 24.6 Å². The molecule has 0 radical (unpaired) electrons. The maximum absolute atomic E-state index is 5.90. The van der Waals surface area contributed by atoms with E-state index in [0.29, 0.717) is 0 Å². The number of hydrogen-bond donors (Lipinski definition) is 1. The van der Waals surface area contributed by atoms with E-state index in [4.69, 9.17) is 5.73 Å². The fraction of sp³-hybridized carbons (Fsp3) is 0.571. The van der Waals surface area contributed by atoms with Gasteiger partial charge in [-0.05, 0) is 50.1 Å². The summed E-state index contributed by atoms with van der Waals surface area (Å²) in [6.45, 7) is 4.50. The van der Waals surface area contributed by atoms with Gasteiger partial charge in [-0.1, -0.05) is 6.07 Å². The molecule has 0 aromatic heterocycles. The third-order valence-corrected chi connectivity index (χ3v) is 4.72. The summed E-state index contributed by atoms with van der Waals surface area (Å²) in [6, 6.07) is 6.23. The monoisotopic (exact) mass is 250 g/mol. The number of rotatable bonds is 2. The lowest BCUT2D eigenvalue weighted by molar-refractivity contribution is 0.745. The molecule has 1 aromatic carbocycles. The zero-order valence-corrected chi connectivity index (χ0v) is 11.6. The fourth-order valence-corrected chi connectivity index (χ4v) is 3.25. The van der Waals surface area contributed by atoms with E-state index in [-0.39, 0.29) is 0 Å². The van der Waals surface area contributed by atoms with Crippen molar-refractivity contribution >= 4 is 23.1 Å². The van der Waals surface area contributed by atoms with Gasteiger partial charge in [0.15, 0.2) is 0 Å². The van der Waals surface area contributed by atoms with Crippen LogP contribution >= 0.6 is 11.8 Å². The average Bonchev–Trinajstić information content (AvgIpc) is 2.57. The molecule has 1 saturated heterocycles. The van der Waals surface area contributed by atoms with Crippen LogP contribution in [-0.2, 0) is 0 Å². The molecular weight excluding hydrogens is 228 g/mol. The van der Waals surface area contributed by atoms with Crippen LogP contribution in [0.5, 0.6) is 0 Å². The number of benzene rings is 1. The Morgan fingerprint density at radius 1 is 1.29 bits per heavy atom. The SMILES string of the molecule is CSC1CCCN(c2cc(N)ccc2C)CC1. The first-order chi connectivity index (χ1) is 8.20. The van der Waals surface area contributed by atoms with E-state index in [1.54, 1.807) is 0 Å². The van der Waals surface area contributed by atoms with E-state index in [1.807, 2.05) is 17.8 Å². The summed E-state index contributed by atoms with van der Waals surface area (Å²) >= 11 is 2.01. The van der Waals surface area contributed by atoms with Gasteiger partial charge in [0.05, 0.1) is 0 Å². The van der Waals surface area contributed by atoms with Gasteiger partial charge in [-0.25, -0.2) is 0 Å². The number of hydrogen-bond acceptors (Lipinski definition) is 3. The summed E-state index contributed by atoms with van der Waals surface area (Å²) in [6.07, 6.45) is 6.15. The molecule has 1 unspecified atom stereocenters. The predicted octanol–water partition coefficient (Wildman–Crippen LogP) is 3.30. The third kappa shape index (κ3) is 3.09. The maximum atomic E-state index is 5.90. The molecule has 1 fully saturated rings. The summed E-state index contributed by atoms with van der Waals surface area (Å²) < 4.78 is 0. The molecule has 1 heterocycles. The lowest BCUT2D eigenvalue weighted by Gasteiger charge is -2.25.